The number of ether oxygens (including phenoxy) is 1. The molecular weight excluding hydrogens is 460 g/mol. The summed E-state index contributed by atoms with van der Waals surface area (Å²) in [5, 5.41) is 4.13. The average molecular weight is 477 g/mol. The molecule has 0 aliphatic rings. The normalized spacial score (nSPS) is 11.1. The van der Waals surface area contributed by atoms with Gasteiger partial charge < -0.3 is 8.92 Å². The summed E-state index contributed by atoms with van der Waals surface area (Å²) in [4.78, 5) is 36.2. The number of halogens is 1. The van der Waals surface area contributed by atoms with E-state index in [0.717, 1.165) is 10.7 Å². The molecule has 32 heavy (non-hydrogen) atoms. The summed E-state index contributed by atoms with van der Waals surface area (Å²) in [6.45, 7) is 2.87. The zero-order valence-electron chi connectivity index (χ0n) is 16.9. The summed E-state index contributed by atoms with van der Waals surface area (Å²) in [5.41, 5.74) is -0.835. The van der Waals surface area contributed by atoms with E-state index in [0.29, 0.717) is 5.56 Å². The van der Waals surface area contributed by atoms with Crippen molar-refractivity contribution in [3.05, 3.63) is 81.2 Å². The maximum absolute atomic E-state index is 12.7. The van der Waals surface area contributed by atoms with Crippen LogP contribution in [0.5, 0.6) is 5.75 Å². The largest absolute Gasteiger partial charge is 0.461 e. The van der Waals surface area contributed by atoms with Gasteiger partial charge in [-0.05, 0) is 38.1 Å². The van der Waals surface area contributed by atoms with Crippen molar-refractivity contribution in [2.75, 3.05) is 6.61 Å². The van der Waals surface area contributed by atoms with Crippen LogP contribution in [0.25, 0.3) is 5.69 Å². The van der Waals surface area contributed by atoms with E-state index < -0.39 is 33.1 Å². The number of aromatic nitrogens is 2. The molecular formula is C21H17ClN2O7S. The lowest BCUT2D eigenvalue weighted by Gasteiger charge is -2.13. The highest BCUT2D eigenvalue weighted by atomic mass is 35.5. The summed E-state index contributed by atoms with van der Waals surface area (Å²) in [6, 6.07) is 12.1. The van der Waals surface area contributed by atoms with Crippen molar-refractivity contribution >= 4 is 33.5 Å². The van der Waals surface area contributed by atoms with Crippen LogP contribution in [0, 0.1) is 0 Å². The van der Waals surface area contributed by atoms with Crippen molar-refractivity contribution in [3.8, 4) is 11.4 Å². The van der Waals surface area contributed by atoms with E-state index in [1.807, 2.05) is 0 Å². The molecule has 0 bridgehead atoms. The Morgan fingerprint density at radius 1 is 1.09 bits per heavy atom. The lowest BCUT2D eigenvalue weighted by Crippen LogP contribution is -2.26. The highest BCUT2D eigenvalue weighted by Gasteiger charge is 2.26. The van der Waals surface area contributed by atoms with E-state index in [1.165, 1.54) is 43.3 Å². The third-order valence-electron chi connectivity index (χ3n) is 4.20. The van der Waals surface area contributed by atoms with Gasteiger partial charge in [0.25, 0.3) is 5.56 Å². The third kappa shape index (κ3) is 4.87. The van der Waals surface area contributed by atoms with Crippen LogP contribution in [-0.2, 0) is 14.9 Å². The van der Waals surface area contributed by atoms with Crippen molar-refractivity contribution < 1.29 is 26.9 Å². The first kappa shape index (κ1) is 23.2. The molecule has 1 aromatic heterocycles. The number of hydrogen-bond donors (Lipinski definition) is 0. The van der Waals surface area contributed by atoms with Gasteiger partial charge in [0.1, 0.15) is 4.90 Å². The highest BCUT2D eigenvalue weighted by molar-refractivity contribution is 7.87. The second kappa shape index (κ2) is 9.33. The zero-order chi connectivity index (χ0) is 23.5. The SMILES string of the molecule is CCOC(=O)c1nn(-c2ccccc2Cl)c(=O)cc1OS(=O)(=O)c1ccc(C(C)=O)cc1. The summed E-state index contributed by atoms with van der Waals surface area (Å²) >= 11 is 6.12. The molecule has 0 saturated heterocycles. The number of carbonyl (C=O) groups excluding carboxylic acids is 2. The van der Waals surface area contributed by atoms with Crippen LogP contribution >= 0.6 is 11.6 Å². The lowest BCUT2D eigenvalue weighted by atomic mass is 10.2. The van der Waals surface area contributed by atoms with Gasteiger partial charge in [0, 0.05) is 5.56 Å². The monoisotopic (exact) mass is 476 g/mol. The quantitative estimate of drug-likeness (QED) is 0.290. The third-order valence-corrected chi connectivity index (χ3v) is 5.76. The van der Waals surface area contributed by atoms with Crippen molar-refractivity contribution in [1.29, 1.82) is 0 Å². The maximum atomic E-state index is 12.7. The van der Waals surface area contributed by atoms with Crippen LogP contribution in [0.15, 0.2) is 64.3 Å². The summed E-state index contributed by atoms with van der Waals surface area (Å²) in [6.07, 6.45) is 0. The van der Waals surface area contributed by atoms with E-state index >= 15 is 0 Å². The molecule has 1 heterocycles. The Morgan fingerprint density at radius 2 is 1.75 bits per heavy atom. The van der Waals surface area contributed by atoms with E-state index in [4.69, 9.17) is 20.5 Å². The van der Waals surface area contributed by atoms with Gasteiger partial charge in [-0.1, -0.05) is 35.9 Å². The molecule has 0 fully saturated rings. The molecule has 0 aliphatic heterocycles. The standard InChI is InChI=1S/C21H17ClN2O7S/c1-3-30-21(27)20-18(12-19(26)24(23-20)17-7-5-4-6-16(17)22)31-32(28,29)15-10-8-14(9-11-15)13(2)25/h4-12H,3H2,1-2H3. The molecule has 0 atom stereocenters. The number of rotatable bonds is 7. The van der Waals surface area contributed by atoms with E-state index in [-0.39, 0.29) is 28.0 Å². The first-order chi connectivity index (χ1) is 15.1. The fraction of sp³-hybridized carbons (Fsp3) is 0.143. The predicted molar refractivity (Wildman–Crippen MR) is 115 cm³/mol. The lowest BCUT2D eigenvalue weighted by molar-refractivity contribution is 0.0514. The molecule has 0 unspecified atom stereocenters. The molecule has 166 valence electrons. The molecule has 3 rings (SSSR count). The Hall–Kier alpha value is -3.50. The minimum atomic E-state index is -4.46. The molecule has 0 N–H and O–H groups in total. The van der Waals surface area contributed by atoms with E-state index in [9.17, 15) is 22.8 Å². The van der Waals surface area contributed by atoms with Crippen molar-refractivity contribution in [1.82, 2.24) is 9.78 Å². The minimum Gasteiger partial charge on any atom is -0.461 e. The topological polar surface area (TPSA) is 122 Å². The fourth-order valence-corrected chi connectivity index (χ4v) is 3.81. The van der Waals surface area contributed by atoms with Crippen LogP contribution < -0.4 is 9.74 Å². The average Bonchev–Trinajstić information content (AvgIpc) is 2.74. The Kier molecular flexibility index (Phi) is 6.75. The van der Waals surface area contributed by atoms with Crippen LogP contribution in [0.4, 0.5) is 0 Å². The van der Waals surface area contributed by atoms with Crippen molar-refractivity contribution in [3.63, 3.8) is 0 Å². The molecule has 0 aliphatic carbocycles. The Bertz CT molecular complexity index is 1350. The van der Waals surface area contributed by atoms with Crippen LogP contribution in [0.2, 0.25) is 5.02 Å². The van der Waals surface area contributed by atoms with Crippen molar-refractivity contribution in [2.24, 2.45) is 0 Å². The molecule has 0 amide bonds. The van der Waals surface area contributed by atoms with Crippen LogP contribution in [0.3, 0.4) is 0 Å². The number of carbonyl (C=O) groups is 2. The van der Waals surface area contributed by atoms with Gasteiger partial charge in [-0.15, -0.1) is 0 Å². The summed E-state index contributed by atoms with van der Waals surface area (Å²) in [5.74, 6) is -1.84. The Morgan fingerprint density at radius 3 is 2.34 bits per heavy atom. The van der Waals surface area contributed by atoms with E-state index in [1.54, 1.807) is 19.1 Å². The molecule has 0 spiro atoms. The summed E-state index contributed by atoms with van der Waals surface area (Å²) < 4.78 is 36.3. The molecule has 0 saturated carbocycles. The van der Waals surface area contributed by atoms with Crippen LogP contribution in [0.1, 0.15) is 34.7 Å². The number of benzene rings is 2. The van der Waals surface area contributed by atoms with Gasteiger partial charge >= 0.3 is 16.1 Å². The van der Waals surface area contributed by atoms with Gasteiger partial charge in [-0.25, -0.2) is 4.79 Å². The minimum absolute atomic E-state index is 0.0234. The number of esters is 1. The Balaban J connectivity index is 2.10. The van der Waals surface area contributed by atoms with Crippen molar-refractivity contribution in [2.45, 2.75) is 18.7 Å². The number of Topliss-reactive ketones (excluding diaryl/α,β-unsaturated/α-hetero) is 1. The second-order valence-electron chi connectivity index (χ2n) is 6.40. The van der Waals surface area contributed by atoms with E-state index in [2.05, 4.69) is 5.10 Å². The summed E-state index contributed by atoms with van der Waals surface area (Å²) in [7, 11) is -4.46. The second-order valence-corrected chi connectivity index (χ2v) is 8.35. The predicted octanol–water partition coefficient (Wildman–Crippen LogP) is 3.03. The fourth-order valence-electron chi connectivity index (χ4n) is 2.66. The number of ketones is 1. The molecule has 2 aromatic carbocycles. The molecule has 9 nitrogen and oxygen atoms in total. The Labute approximate surface area is 188 Å². The zero-order valence-corrected chi connectivity index (χ0v) is 18.5. The molecule has 0 radical (unpaired) electrons. The van der Waals surface area contributed by atoms with Gasteiger partial charge in [-0.3, -0.25) is 9.59 Å². The maximum Gasteiger partial charge on any atom is 0.362 e. The number of nitrogens with zero attached hydrogens (tertiary/aromatic N) is 2. The molecule has 11 heteroatoms. The first-order valence-electron chi connectivity index (χ1n) is 9.26. The molecule has 3 aromatic rings. The van der Waals surface area contributed by atoms with Gasteiger partial charge in [0.15, 0.2) is 11.5 Å². The van der Waals surface area contributed by atoms with Gasteiger partial charge in [0.2, 0.25) is 5.69 Å². The highest BCUT2D eigenvalue weighted by Crippen LogP contribution is 2.24. The number of hydrogen-bond acceptors (Lipinski definition) is 8. The smallest absolute Gasteiger partial charge is 0.362 e. The number of para-hydroxylation sites is 1. The van der Waals surface area contributed by atoms with Gasteiger partial charge in [-0.2, -0.15) is 18.2 Å². The van der Waals surface area contributed by atoms with Crippen LogP contribution in [-0.4, -0.2) is 36.6 Å². The van der Waals surface area contributed by atoms with Gasteiger partial charge in [0.05, 0.1) is 23.4 Å². The first-order valence-corrected chi connectivity index (χ1v) is 11.0.